The third-order valence-corrected chi connectivity index (χ3v) is 4.23. The van der Waals surface area contributed by atoms with Gasteiger partial charge in [0.1, 0.15) is 0 Å². The molecule has 1 heterocycles. The average molecular weight is 225 g/mol. The van der Waals surface area contributed by atoms with Crippen molar-refractivity contribution in [2.24, 2.45) is 5.92 Å². The minimum Gasteiger partial charge on any atom is -0.388 e. The molecule has 0 spiro atoms. The molecule has 1 N–H and O–H groups in total. The first kappa shape index (κ1) is 11.1. The molecule has 1 saturated carbocycles. The van der Waals surface area contributed by atoms with Crippen molar-refractivity contribution in [3.8, 4) is 0 Å². The SMILES string of the molecule is O[C@@H](CCC1CCCCC1)c1cncs1. The van der Waals surface area contributed by atoms with E-state index in [9.17, 15) is 5.11 Å². The van der Waals surface area contributed by atoms with Gasteiger partial charge in [0.25, 0.3) is 0 Å². The third kappa shape index (κ3) is 3.28. The van der Waals surface area contributed by atoms with E-state index in [-0.39, 0.29) is 6.10 Å². The second-order valence-electron chi connectivity index (χ2n) is 4.50. The van der Waals surface area contributed by atoms with Crippen LogP contribution in [0.25, 0.3) is 0 Å². The smallest absolute Gasteiger partial charge is 0.0898 e. The zero-order valence-electron chi connectivity index (χ0n) is 9.06. The lowest BCUT2D eigenvalue weighted by atomic mass is 9.85. The Hall–Kier alpha value is -0.410. The maximum absolute atomic E-state index is 9.91. The van der Waals surface area contributed by atoms with Crippen molar-refractivity contribution in [3.63, 3.8) is 0 Å². The van der Waals surface area contributed by atoms with Gasteiger partial charge in [0.05, 0.1) is 16.5 Å². The molecule has 2 nitrogen and oxygen atoms in total. The van der Waals surface area contributed by atoms with Crippen LogP contribution in [0, 0.1) is 5.92 Å². The molecule has 0 aliphatic heterocycles. The highest BCUT2D eigenvalue weighted by Crippen LogP contribution is 2.30. The fourth-order valence-electron chi connectivity index (χ4n) is 2.40. The summed E-state index contributed by atoms with van der Waals surface area (Å²) in [4.78, 5) is 5.02. The van der Waals surface area contributed by atoms with Gasteiger partial charge in [0, 0.05) is 6.20 Å². The standard InChI is InChI=1S/C12H19NOS/c14-11(12-8-13-9-15-12)7-6-10-4-2-1-3-5-10/h8-11,14H,1-7H2/t11-/m0/s1. The molecule has 1 atom stereocenters. The van der Waals surface area contributed by atoms with Crippen molar-refractivity contribution in [2.75, 3.05) is 0 Å². The van der Waals surface area contributed by atoms with Crippen LogP contribution in [0.1, 0.15) is 55.9 Å². The van der Waals surface area contributed by atoms with Crippen LogP contribution >= 0.6 is 11.3 Å². The molecule has 1 aromatic heterocycles. The molecule has 1 fully saturated rings. The van der Waals surface area contributed by atoms with Crippen LogP contribution in [0.5, 0.6) is 0 Å². The van der Waals surface area contributed by atoms with E-state index in [4.69, 9.17) is 0 Å². The van der Waals surface area contributed by atoms with E-state index in [1.807, 2.05) is 0 Å². The zero-order valence-corrected chi connectivity index (χ0v) is 9.88. The van der Waals surface area contributed by atoms with E-state index >= 15 is 0 Å². The highest BCUT2D eigenvalue weighted by Gasteiger charge is 2.16. The molecule has 84 valence electrons. The quantitative estimate of drug-likeness (QED) is 0.850. The molecule has 0 radical (unpaired) electrons. The Morgan fingerprint density at radius 1 is 1.40 bits per heavy atom. The number of hydrogen-bond acceptors (Lipinski definition) is 3. The normalized spacial score (nSPS) is 20.3. The van der Waals surface area contributed by atoms with Gasteiger partial charge < -0.3 is 5.11 Å². The fraction of sp³-hybridized carbons (Fsp3) is 0.750. The Bertz CT molecular complexity index is 267. The summed E-state index contributed by atoms with van der Waals surface area (Å²) < 4.78 is 0. The van der Waals surface area contributed by atoms with E-state index < -0.39 is 0 Å². The molecule has 3 heteroatoms. The summed E-state index contributed by atoms with van der Waals surface area (Å²) in [5.41, 5.74) is 1.79. The van der Waals surface area contributed by atoms with Crippen LogP contribution in [0.3, 0.4) is 0 Å². The lowest BCUT2D eigenvalue weighted by molar-refractivity contribution is 0.154. The van der Waals surface area contributed by atoms with Crippen LogP contribution in [0.15, 0.2) is 11.7 Å². The lowest BCUT2D eigenvalue weighted by Crippen LogP contribution is -2.08. The summed E-state index contributed by atoms with van der Waals surface area (Å²) in [6.07, 6.45) is 10.5. The predicted molar refractivity (Wildman–Crippen MR) is 62.9 cm³/mol. The number of thiazole rings is 1. The number of nitrogens with zero attached hydrogens (tertiary/aromatic N) is 1. The first-order chi connectivity index (χ1) is 7.36. The number of rotatable bonds is 4. The van der Waals surface area contributed by atoms with Crippen molar-refractivity contribution < 1.29 is 5.11 Å². The van der Waals surface area contributed by atoms with Crippen LogP contribution in [-0.4, -0.2) is 10.1 Å². The minimum absolute atomic E-state index is 0.278. The van der Waals surface area contributed by atoms with E-state index in [1.165, 1.54) is 38.5 Å². The summed E-state index contributed by atoms with van der Waals surface area (Å²) in [5.74, 6) is 0.862. The molecule has 0 saturated heterocycles. The van der Waals surface area contributed by atoms with Crippen molar-refractivity contribution in [2.45, 2.75) is 51.0 Å². The summed E-state index contributed by atoms with van der Waals surface area (Å²) in [7, 11) is 0. The number of aromatic nitrogens is 1. The van der Waals surface area contributed by atoms with Gasteiger partial charge >= 0.3 is 0 Å². The maximum atomic E-state index is 9.91. The Morgan fingerprint density at radius 2 is 2.20 bits per heavy atom. The summed E-state index contributed by atoms with van der Waals surface area (Å²) >= 11 is 1.56. The molecular formula is C12H19NOS. The molecule has 0 unspecified atom stereocenters. The van der Waals surface area contributed by atoms with Gasteiger partial charge in [0.15, 0.2) is 0 Å². The van der Waals surface area contributed by atoms with Crippen molar-refractivity contribution >= 4 is 11.3 Å². The van der Waals surface area contributed by atoms with E-state index in [2.05, 4.69) is 4.98 Å². The van der Waals surface area contributed by atoms with Gasteiger partial charge in [-0.05, 0) is 18.8 Å². The van der Waals surface area contributed by atoms with E-state index in [0.29, 0.717) is 0 Å². The summed E-state index contributed by atoms with van der Waals surface area (Å²) in [5, 5.41) is 9.91. The summed E-state index contributed by atoms with van der Waals surface area (Å²) in [6.45, 7) is 0. The second kappa shape index (κ2) is 5.61. The third-order valence-electron chi connectivity index (χ3n) is 3.35. The molecule has 0 bridgehead atoms. The molecule has 1 aliphatic carbocycles. The van der Waals surface area contributed by atoms with Gasteiger partial charge in [0.2, 0.25) is 0 Å². The molecule has 1 aromatic rings. The largest absolute Gasteiger partial charge is 0.388 e. The molecule has 15 heavy (non-hydrogen) atoms. The molecule has 0 aromatic carbocycles. The highest BCUT2D eigenvalue weighted by molar-refractivity contribution is 7.09. The van der Waals surface area contributed by atoms with Crippen molar-refractivity contribution in [1.82, 2.24) is 4.98 Å². The Morgan fingerprint density at radius 3 is 2.87 bits per heavy atom. The van der Waals surface area contributed by atoms with Crippen LogP contribution in [0.2, 0.25) is 0 Å². The highest BCUT2D eigenvalue weighted by atomic mass is 32.1. The van der Waals surface area contributed by atoms with Gasteiger partial charge in [-0.3, -0.25) is 4.98 Å². The van der Waals surface area contributed by atoms with E-state index in [0.717, 1.165) is 17.2 Å². The maximum Gasteiger partial charge on any atom is 0.0898 e. The van der Waals surface area contributed by atoms with Crippen molar-refractivity contribution in [3.05, 3.63) is 16.6 Å². The Kier molecular flexibility index (Phi) is 4.15. The van der Waals surface area contributed by atoms with Gasteiger partial charge in [-0.2, -0.15) is 0 Å². The van der Waals surface area contributed by atoms with Crippen LogP contribution in [-0.2, 0) is 0 Å². The summed E-state index contributed by atoms with van der Waals surface area (Å²) in [6, 6.07) is 0. The Balaban J connectivity index is 1.73. The number of hydrogen-bond donors (Lipinski definition) is 1. The topological polar surface area (TPSA) is 33.1 Å². The van der Waals surface area contributed by atoms with E-state index in [1.54, 1.807) is 23.0 Å². The monoisotopic (exact) mass is 225 g/mol. The van der Waals surface area contributed by atoms with Gasteiger partial charge in [-0.25, -0.2) is 0 Å². The van der Waals surface area contributed by atoms with Crippen LogP contribution < -0.4 is 0 Å². The minimum atomic E-state index is -0.278. The number of aliphatic hydroxyl groups excluding tert-OH is 1. The average Bonchev–Trinajstić information content (AvgIpc) is 2.81. The van der Waals surface area contributed by atoms with Gasteiger partial charge in [-0.1, -0.05) is 32.1 Å². The molecule has 2 rings (SSSR count). The first-order valence-electron chi connectivity index (χ1n) is 5.92. The fourth-order valence-corrected chi connectivity index (χ4v) is 3.04. The van der Waals surface area contributed by atoms with Crippen LogP contribution in [0.4, 0.5) is 0 Å². The zero-order chi connectivity index (χ0) is 10.5. The van der Waals surface area contributed by atoms with Gasteiger partial charge in [-0.15, -0.1) is 11.3 Å². The molecule has 0 amide bonds. The Labute approximate surface area is 95.4 Å². The van der Waals surface area contributed by atoms with Crippen molar-refractivity contribution in [1.29, 1.82) is 0 Å². The molecular weight excluding hydrogens is 206 g/mol. The lowest BCUT2D eigenvalue weighted by Gasteiger charge is -2.22. The molecule has 1 aliphatic rings. The first-order valence-corrected chi connectivity index (χ1v) is 6.80. The predicted octanol–water partition coefficient (Wildman–Crippen LogP) is 3.54. The number of aliphatic hydroxyl groups is 1. The second-order valence-corrected chi connectivity index (χ2v) is 5.42.